The summed E-state index contributed by atoms with van der Waals surface area (Å²) < 4.78 is 45.7. The van der Waals surface area contributed by atoms with Crippen molar-refractivity contribution in [1.29, 1.82) is 0 Å². The molecule has 1 fully saturated rings. The predicted molar refractivity (Wildman–Crippen MR) is 85.0 cm³/mol. The van der Waals surface area contributed by atoms with Gasteiger partial charge in [-0.1, -0.05) is 30.3 Å². The van der Waals surface area contributed by atoms with Crippen molar-refractivity contribution in [2.24, 2.45) is 0 Å². The molecule has 122 valence electrons. The van der Waals surface area contributed by atoms with Crippen molar-refractivity contribution in [3.63, 3.8) is 0 Å². The lowest BCUT2D eigenvalue weighted by atomic mass is 10.1. The summed E-state index contributed by atoms with van der Waals surface area (Å²) in [6.07, 6.45) is 0.585. The molecule has 0 N–H and O–H groups in total. The highest BCUT2D eigenvalue weighted by Crippen LogP contribution is 2.23. The van der Waals surface area contributed by atoms with Crippen LogP contribution in [-0.2, 0) is 21.2 Å². The minimum atomic E-state index is -3.66. The number of morpholine rings is 1. The second kappa shape index (κ2) is 6.78. The van der Waals surface area contributed by atoms with Gasteiger partial charge in [0.15, 0.2) is 0 Å². The number of halogens is 1. The van der Waals surface area contributed by atoms with E-state index in [1.54, 1.807) is 0 Å². The van der Waals surface area contributed by atoms with Gasteiger partial charge in [0, 0.05) is 6.54 Å². The van der Waals surface area contributed by atoms with Crippen molar-refractivity contribution >= 4 is 10.0 Å². The molecule has 2 aromatic rings. The van der Waals surface area contributed by atoms with E-state index < -0.39 is 15.8 Å². The third kappa shape index (κ3) is 3.60. The van der Waals surface area contributed by atoms with Crippen molar-refractivity contribution in [2.75, 3.05) is 19.8 Å². The molecule has 0 amide bonds. The molecular weight excluding hydrogens is 317 g/mol. The van der Waals surface area contributed by atoms with Gasteiger partial charge in [-0.2, -0.15) is 4.31 Å². The Kier molecular flexibility index (Phi) is 4.75. The first-order valence-corrected chi connectivity index (χ1v) is 8.90. The third-order valence-corrected chi connectivity index (χ3v) is 5.87. The number of hydrogen-bond acceptors (Lipinski definition) is 3. The number of nitrogens with zero attached hydrogens (tertiary/aromatic N) is 1. The van der Waals surface area contributed by atoms with Crippen molar-refractivity contribution in [2.45, 2.75) is 17.4 Å². The lowest BCUT2D eigenvalue weighted by Gasteiger charge is -2.34. The maximum atomic E-state index is 13.1. The van der Waals surface area contributed by atoms with Crippen molar-refractivity contribution in [3.05, 3.63) is 66.0 Å². The van der Waals surface area contributed by atoms with E-state index in [2.05, 4.69) is 0 Å². The highest BCUT2D eigenvalue weighted by atomic mass is 32.2. The summed E-state index contributed by atoms with van der Waals surface area (Å²) in [7, 11) is -3.66. The van der Waals surface area contributed by atoms with Gasteiger partial charge in [-0.3, -0.25) is 0 Å². The van der Waals surface area contributed by atoms with Gasteiger partial charge >= 0.3 is 0 Å². The molecule has 1 atom stereocenters. The van der Waals surface area contributed by atoms with Crippen LogP contribution in [0.5, 0.6) is 0 Å². The Morgan fingerprint density at radius 2 is 1.78 bits per heavy atom. The molecular formula is C17H18FNO3S. The monoisotopic (exact) mass is 335 g/mol. The average Bonchev–Trinajstić information content (AvgIpc) is 2.56. The molecule has 23 heavy (non-hydrogen) atoms. The summed E-state index contributed by atoms with van der Waals surface area (Å²) >= 11 is 0. The van der Waals surface area contributed by atoms with Crippen molar-refractivity contribution in [1.82, 2.24) is 4.31 Å². The van der Waals surface area contributed by atoms with E-state index in [1.165, 1.54) is 28.6 Å². The van der Waals surface area contributed by atoms with Gasteiger partial charge in [-0.25, -0.2) is 12.8 Å². The van der Waals surface area contributed by atoms with E-state index in [0.717, 1.165) is 5.56 Å². The summed E-state index contributed by atoms with van der Waals surface area (Å²) in [5, 5.41) is 0. The number of hydrogen-bond donors (Lipinski definition) is 0. The summed E-state index contributed by atoms with van der Waals surface area (Å²) in [4.78, 5) is 0.110. The zero-order chi connectivity index (χ0) is 16.3. The fraction of sp³-hybridized carbons (Fsp3) is 0.294. The molecule has 1 unspecified atom stereocenters. The molecule has 1 aliphatic rings. The summed E-state index contributed by atoms with van der Waals surface area (Å²) in [5.74, 6) is -0.452. The quantitative estimate of drug-likeness (QED) is 0.862. The average molecular weight is 335 g/mol. The van der Waals surface area contributed by atoms with Crippen LogP contribution in [0.15, 0.2) is 59.5 Å². The Bertz CT molecular complexity index is 747. The van der Waals surface area contributed by atoms with Gasteiger partial charge in [0.25, 0.3) is 0 Å². The summed E-state index contributed by atoms with van der Waals surface area (Å²) in [6, 6.07) is 14.4. The van der Waals surface area contributed by atoms with E-state index in [1.807, 2.05) is 30.3 Å². The van der Waals surface area contributed by atoms with Crippen LogP contribution in [0.4, 0.5) is 4.39 Å². The Morgan fingerprint density at radius 3 is 2.48 bits per heavy atom. The fourth-order valence-electron chi connectivity index (χ4n) is 2.74. The molecule has 2 aromatic carbocycles. The number of ether oxygens (including phenoxy) is 1. The molecule has 0 radical (unpaired) electrons. The first kappa shape index (κ1) is 16.1. The topological polar surface area (TPSA) is 46.6 Å². The molecule has 6 heteroatoms. The number of rotatable bonds is 4. The molecule has 4 nitrogen and oxygen atoms in total. The largest absolute Gasteiger partial charge is 0.378 e. The lowest BCUT2D eigenvalue weighted by Crippen LogP contribution is -2.49. The SMILES string of the molecule is O=S(=O)(c1ccc(F)cc1)N1CCOCC1Cc1ccccc1. The second-order valence-electron chi connectivity index (χ2n) is 5.49. The van der Waals surface area contributed by atoms with E-state index >= 15 is 0 Å². The van der Waals surface area contributed by atoms with Crippen LogP contribution < -0.4 is 0 Å². The highest BCUT2D eigenvalue weighted by Gasteiger charge is 2.34. The Hall–Kier alpha value is -1.76. The minimum Gasteiger partial charge on any atom is -0.378 e. The number of sulfonamides is 1. The van der Waals surface area contributed by atoms with Crippen LogP contribution >= 0.6 is 0 Å². The third-order valence-electron chi connectivity index (χ3n) is 3.91. The Labute approximate surface area is 135 Å². The molecule has 3 rings (SSSR count). The van der Waals surface area contributed by atoms with Crippen molar-refractivity contribution < 1.29 is 17.5 Å². The highest BCUT2D eigenvalue weighted by molar-refractivity contribution is 7.89. The first-order chi connectivity index (χ1) is 11.1. The molecule has 0 aliphatic carbocycles. The summed E-state index contributed by atoms with van der Waals surface area (Å²) in [6.45, 7) is 1.03. The van der Waals surface area contributed by atoms with E-state index in [0.29, 0.717) is 26.2 Å². The van der Waals surface area contributed by atoms with Crippen LogP contribution in [0.3, 0.4) is 0 Å². The van der Waals surface area contributed by atoms with Crippen LogP contribution in [0, 0.1) is 5.82 Å². The summed E-state index contributed by atoms with van der Waals surface area (Å²) in [5.41, 5.74) is 1.06. The molecule has 1 heterocycles. The molecule has 0 spiro atoms. The molecule has 1 aliphatic heterocycles. The maximum Gasteiger partial charge on any atom is 0.243 e. The Balaban J connectivity index is 1.87. The molecule has 0 aromatic heterocycles. The van der Waals surface area contributed by atoms with Gasteiger partial charge in [0.05, 0.1) is 24.2 Å². The fourth-order valence-corrected chi connectivity index (χ4v) is 4.34. The normalized spacial score (nSPS) is 19.6. The van der Waals surface area contributed by atoms with E-state index in [4.69, 9.17) is 4.74 Å². The predicted octanol–water partition coefficient (Wildman–Crippen LogP) is 2.46. The zero-order valence-electron chi connectivity index (χ0n) is 12.6. The van der Waals surface area contributed by atoms with Gasteiger partial charge in [0.1, 0.15) is 5.82 Å². The van der Waals surface area contributed by atoms with Crippen LogP contribution in [-0.4, -0.2) is 38.5 Å². The standard InChI is InChI=1S/C17H18FNO3S/c18-15-6-8-17(9-7-15)23(20,21)19-10-11-22-13-16(19)12-14-4-2-1-3-5-14/h1-9,16H,10-13H2. The molecule has 1 saturated heterocycles. The van der Waals surface area contributed by atoms with E-state index in [-0.39, 0.29) is 10.9 Å². The molecule has 0 bridgehead atoms. The van der Waals surface area contributed by atoms with Crippen LogP contribution in [0.1, 0.15) is 5.56 Å². The van der Waals surface area contributed by atoms with Gasteiger partial charge < -0.3 is 4.74 Å². The lowest BCUT2D eigenvalue weighted by molar-refractivity contribution is 0.0328. The van der Waals surface area contributed by atoms with Crippen LogP contribution in [0.2, 0.25) is 0 Å². The maximum absolute atomic E-state index is 13.1. The zero-order valence-corrected chi connectivity index (χ0v) is 13.4. The first-order valence-electron chi connectivity index (χ1n) is 7.46. The van der Waals surface area contributed by atoms with E-state index in [9.17, 15) is 12.8 Å². The van der Waals surface area contributed by atoms with Gasteiger partial charge in [-0.05, 0) is 36.2 Å². The van der Waals surface area contributed by atoms with Gasteiger partial charge in [-0.15, -0.1) is 0 Å². The molecule has 0 saturated carbocycles. The minimum absolute atomic E-state index is 0.110. The second-order valence-corrected chi connectivity index (χ2v) is 7.38. The number of benzene rings is 2. The smallest absolute Gasteiger partial charge is 0.243 e. The van der Waals surface area contributed by atoms with Crippen LogP contribution in [0.25, 0.3) is 0 Å². The van der Waals surface area contributed by atoms with Crippen molar-refractivity contribution in [3.8, 4) is 0 Å². The Morgan fingerprint density at radius 1 is 1.09 bits per heavy atom. The van der Waals surface area contributed by atoms with Gasteiger partial charge in [0.2, 0.25) is 10.0 Å².